The Morgan fingerprint density at radius 2 is 1.91 bits per heavy atom. The van der Waals surface area contributed by atoms with Gasteiger partial charge >= 0.3 is 10.2 Å². The minimum Gasteiger partial charge on any atom is -0.267 e. The van der Waals surface area contributed by atoms with Gasteiger partial charge in [-0.25, -0.2) is 0 Å². The summed E-state index contributed by atoms with van der Waals surface area (Å²) < 4.78 is 29.1. The van der Waals surface area contributed by atoms with Gasteiger partial charge in [0.2, 0.25) is 0 Å². The van der Waals surface area contributed by atoms with Gasteiger partial charge in [0.15, 0.2) is 0 Å². The molecule has 0 spiro atoms. The zero-order valence-corrected chi connectivity index (χ0v) is 13.6. The SMILES string of the molecule is C=CCc1ccccc1NS(=O)(=O)NC(=C)/C=C\C(=C)CC. The summed E-state index contributed by atoms with van der Waals surface area (Å²) >= 11 is 0. The van der Waals surface area contributed by atoms with E-state index in [-0.39, 0.29) is 5.70 Å². The molecule has 0 radical (unpaired) electrons. The first-order chi connectivity index (χ1) is 10.4. The van der Waals surface area contributed by atoms with Gasteiger partial charge in [-0.3, -0.25) is 9.44 Å². The van der Waals surface area contributed by atoms with Gasteiger partial charge in [0.05, 0.1) is 5.69 Å². The van der Waals surface area contributed by atoms with E-state index >= 15 is 0 Å². The van der Waals surface area contributed by atoms with Crippen LogP contribution < -0.4 is 9.44 Å². The van der Waals surface area contributed by atoms with Crippen molar-refractivity contribution in [2.45, 2.75) is 19.8 Å². The Hall–Kier alpha value is -2.27. The Balaban J connectivity index is 2.80. The fraction of sp³-hybridized carbons (Fsp3) is 0.176. The third-order valence-electron chi connectivity index (χ3n) is 2.87. The Kier molecular flexibility index (Phi) is 6.66. The monoisotopic (exact) mass is 318 g/mol. The molecule has 2 N–H and O–H groups in total. The number of hydrogen-bond donors (Lipinski definition) is 2. The van der Waals surface area contributed by atoms with E-state index in [4.69, 9.17) is 0 Å². The summed E-state index contributed by atoms with van der Waals surface area (Å²) in [4.78, 5) is 0. The molecule has 1 aromatic carbocycles. The third-order valence-corrected chi connectivity index (χ3v) is 3.89. The first kappa shape index (κ1) is 17.8. The normalized spacial score (nSPS) is 11.1. The van der Waals surface area contributed by atoms with E-state index < -0.39 is 10.2 Å². The van der Waals surface area contributed by atoms with Crippen LogP contribution in [-0.2, 0) is 16.6 Å². The lowest BCUT2D eigenvalue weighted by molar-refractivity contribution is 0.595. The van der Waals surface area contributed by atoms with Crippen LogP contribution in [0.2, 0.25) is 0 Å². The molecular formula is C17H22N2O2S. The first-order valence-corrected chi connectivity index (χ1v) is 8.40. The summed E-state index contributed by atoms with van der Waals surface area (Å²) in [5.41, 5.74) is 2.53. The molecule has 4 nitrogen and oxygen atoms in total. The molecule has 22 heavy (non-hydrogen) atoms. The second-order valence-corrected chi connectivity index (χ2v) is 6.14. The zero-order valence-electron chi connectivity index (χ0n) is 12.8. The van der Waals surface area contributed by atoms with E-state index in [1.165, 1.54) is 0 Å². The maximum absolute atomic E-state index is 12.1. The van der Waals surface area contributed by atoms with Crippen LogP contribution >= 0.6 is 0 Å². The van der Waals surface area contributed by atoms with Crippen LogP contribution in [0.4, 0.5) is 5.69 Å². The zero-order chi connectivity index (χ0) is 16.6. The van der Waals surface area contributed by atoms with Crippen molar-refractivity contribution in [1.29, 1.82) is 0 Å². The van der Waals surface area contributed by atoms with E-state index in [0.717, 1.165) is 17.6 Å². The van der Waals surface area contributed by atoms with Crippen molar-refractivity contribution in [3.63, 3.8) is 0 Å². The van der Waals surface area contributed by atoms with Gasteiger partial charge in [-0.05, 0) is 30.5 Å². The number of nitrogens with one attached hydrogen (secondary N) is 2. The Morgan fingerprint density at radius 3 is 2.55 bits per heavy atom. The molecule has 0 heterocycles. The molecule has 0 saturated heterocycles. The molecule has 0 aliphatic rings. The molecule has 0 aromatic heterocycles. The van der Waals surface area contributed by atoms with Crippen molar-refractivity contribution in [1.82, 2.24) is 4.72 Å². The second kappa shape index (κ2) is 8.24. The van der Waals surface area contributed by atoms with E-state index in [1.807, 2.05) is 19.1 Å². The highest BCUT2D eigenvalue weighted by atomic mass is 32.2. The summed E-state index contributed by atoms with van der Waals surface area (Å²) in [6.07, 6.45) is 6.41. The van der Waals surface area contributed by atoms with Gasteiger partial charge in [-0.2, -0.15) is 8.42 Å². The van der Waals surface area contributed by atoms with Crippen molar-refractivity contribution in [3.8, 4) is 0 Å². The van der Waals surface area contributed by atoms with E-state index in [0.29, 0.717) is 12.1 Å². The molecule has 1 rings (SSSR count). The van der Waals surface area contributed by atoms with E-state index in [2.05, 4.69) is 29.2 Å². The molecule has 0 amide bonds. The smallest absolute Gasteiger partial charge is 0.267 e. The van der Waals surface area contributed by atoms with Crippen LogP contribution in [0, 0.1) is 0 Å². The Bertz CT molecular complexity index is 688. The first-order valence-electron chi connectivity index (χ1n) is 6.92. The molecule has 1 aromatic rings. The lowest BCUT2D eigenvalue weighted by atomic mass is 10.1. The fourth-order valence-electron chi connectivity index (χ4n) is 1.67. The third kappa shape index (κ3) is 6.01. The summed E-state index contributed by atoms with van der Waals surface area (Å²) in [5.74, 6) is 0. The van der Waals surface area contributed by atoms with Gasteiger partial charge in [-0.15, -0.1) is 6.58 Å². The average molecular weight is 318 g/mol. The van der Waals surface area contributed by atoms with Crippen LogP contribution in [0.15, 0.2) is 73.5 Å². The summed E-state index contributed by atoms with van der Waals surface area (Å²) in [5, 5.41) is 0. The van der Waals surface area contributed by atoms with Crippen LogP contribution in [0.5, 0.6) is 0 Å². The Morgan fingerprint density at radius 1 is 1.23 bits per heavy atom. The Labute approximate surface area is 133 Å². The number of allylic oxidation sites excluding steroid dienone is 4. The van der Waals surface area contributed by atoms with Crippen LogP contribution in [0.25, 0.3) is 0 Å². The van der Waals surface area contributed by atoms with Crippen LogP contribution in [0.1, 0.15) is 18.9 Å². The largest absolute Gasteiger partial charge is 0.321 e. The topological polar surface area (TPSA) is 58.2 Å². The highest BCUT2D eigenvalue weighted by Gasteiger charge is 2.11. The average Bonchev–Trinajstić information content (AvgIpc) is 2.46. The maximum atomic E-state index is 12.1. The van der Waals surface area contributed by atoms with Gasteiger partial charge in [0.1, 0.15) is 0 Å². The summed E-state index contributed by atoms with van der Waals surface area (Å²) in [7, 11) is -3.74. The molecular weight excluding hydrogens is 296 g/mol. The highest BCUT2D eigenvalue weighted by molar-refractivity contribution is 7.90. The van der Waals surface area contributed by atoms with Crippen molar-refractivity contribution >= 4 is 15.9 Å². The predicted octanol–water partition coefficient (Wildman–Crippen LogP) is 3.70. The van der Waals surface area contributed by atoms with E-state index in [9.17, 15) is 8.42 Å². The van der Waals surface area contributed by atoms with Gasteiger partial charge < -0.3 is 0 Å². The molecule has 0 atom stereocenters. The second-order valence-electron chi connectivity index (χ2n) is 4.73. The van der Waals surface area contributed by atoms with Crippen molar-refractivity contribution in [2.75, 3.05) is 4.72 Å². The van der Waals surface area contributed by atoms with Gasteiger partial charge in [0, 0.05) is 5.70 Å². The standard InChI is InChI=1S/C17H22N2O2S/c1-5-9-16-10-7-8-11-17(16)19-22(20,21)18-15(4)13-12-14(3)6-2/h5,7-8,10-13,18-19H,1,3-4,6,9H2,2H3/b13-12-. The molecule has 0 unspecified atom stereocenters. The fourth-order valence-corrected chi connectivity index (χ4v) is 2.62. The lowest BCUT2D eigenvalue weighted by Gasteiger charge is -2.13. The number of anilines is 1. The molecule has 5 heteroatoms. The molecule has 0 aliphatic heterocycles. The quantitative estimate of drug-likeness (QED) is 0.539. The molecule has 0 bridgehead atoms. The molecule has 0 saturated carbocycles. The van der Waals surface area contributed by atoms with E-state index in [1.54, 1.807) is 30.4 Å². The number of hydrogen-bond acceptors (Lipinski definition) is 2. The van der Waals surface area contributed by atoms with Crippen molar-refractivity contribution < 1.29 is 8.42 Å². The number of para-hydroxylation sites is 1. The van der Waals surface area contributed by atoms with Crippen LogP contribution in [-0.4, -0.2) is 8.42 Å². The minimum absolute atomic E-state index is 0.267. The predicted molar refractivity (Wildman–Crippen MR) is 93.7 cm³/mol. The van der Waals surface area contributed by atoms with Crippen LogP contribution in [0.3, 0.4) is 0 Å². The highest BCUT2D eigenvalue weighted by Crippen LogP contribution is 2.17. The maximum Gasteiger partial charge on any atom is 0.321 e. The van der Waals surface area contributed by atoms with Gasteiger partial charge in [0.25, 0.3) is 0 Å². The molecule has 0 aliphatic carbocycles. The molecule has 0 fully saturated rings. The number of benzene rings is 1. The molecule has 118 valence electrons. The van der Waals surface area contributed by atoms with Gasteiger partial charge in [-0.1, -0.05) is 56.0 Å². The minimum atomic E-state index is -3.74. The summed E-state index contributed by atoms with van der Waals surface area (Å²) in [6, 6.07) is 7.17. The number of rotatable bonds is 9. The lowest BCUT2D eigenvalue weighted by Crippen LogP contribution is -2.29. The summed E-state index contributed by atoms with van der Waals surface area (Å²) in [6.45, 7) is 13.1. The van der Waals surface area contributed by atoms with Crippen molar-refractivity contribution in [2.24, 2.45) is 0 Å². The van der Waals surface area contributed by atoms with Crippen molar-refractivity contribution in [3.05, 3.63) is 79.1 Å².